The second-order valence-corrected chi connectivity index (χ2v) is 5.01. The van der Waals surface area contributed by atoms with Crippen LogP contribution in [0.15, 0.2) is 5.38 Å². The summed E-state index contributed by atoms with van der Waals surface area (Å²) >= 11 is 1.70. The molecule has 3 nitrogen and oxygen atoms in total. The van der Waals surface area contributed by atoms with E-state index in [4.69, 9.17) is 5.84 Å². The second-order valence-electron chi connectivity index (χ2n) is 4.04. The van der Waals surface area contributed by atoms with E-state index in [9.17, 15) is 4.79 Å². The van der Waals surface area contributed by atoms with Crippen molar-refractivity contribution in [3.63, 3.8) is 0 Å². The van der Waals surface area contributed by atoms with Crippen LogP contribution in [-0.2, 0) is 12.8 Å². The number of amides is 1. The van der Waals surface area contributed by atoms with E-state index in [2.05, 4.69) is 12.3 Å². The van der Waals surface area contributed by atoms with Gasteiger partial charge >= 0.3 is 0 Å². The molecule has 1 heterocycles. The first-order chi connectivity index (χ1) is 7.26. The van der Waals surface area contributed by atoms with Gasteiger partial charge in [0.15, 0.2) is 0 Å². The van der Waals surface area contributed by atoms with Crippen LogP contribution in [0.2, 0.25) is 0 Å². The number of nitrogen functional groups attached to an aromatic ring is 1. The molecule has 0 saturated carbocycles. The molecule has 1 atom stereocenters. The van der Waals surface area contributed by atoms with E-state index in [0.29, 0.717) is 0 Å². The van der Waals surface area contributed by atoms with Gasteiger partial charge in [-0.3, -0.25) is 10.2 Å². The zero-order chi connectivity index (χ0) is 10.8. The van der Waals surface area contributed by atoms with Crippen LogP contribution < -0.4 is 11.3 Å². The van der Waals surface area contributed by atoms with Crippen LogP contribution in [0.3, 0.4) is 0 Å². The minimum absolute atomic E-state index is 0.151. The van der Waals surface area contributed by atoms with Gasteiger partial charge in [0.05, 0.1) is 5.56 Å². The predicted octanol–water partition coefficient (Wildman–Crippen LogP) is 1.87. The van der Waals surface area contributed by atoms with Gasteiger partial charge in [0.1, 0.15) is 0 Å². The molecule has 4 heteroatoms. The third kappa shape index (κ3) is 1.92. The molecule has 82 valence electrons. The van der Waals surface area contributed by atoms with Crippen LogP contribution in [0.4, 0.5) is 0 Å². The van der Waals surface area contributed by atoms with Crippen LogP contribution in [0.5, 0.6) is 0 Å². The van der Waals surface area contributed by atoms with Gasteiger partial charge < -0.3 is 0 Å². The smallest absolute Gasteiger partial charge is 0.266 e. The summed E-state index contributed by atoms with van der Waals surface area (Å²) in [6.07, 6.45) is 4.59. The van der Waals surface area contributed by atoms with E-state index in [1.54, 1.807) is 11.3 Å². The van der Waals surface area contributed by atoms with Gasteiger partial charge in [-0.1, -0.05) is 13.3 Å². The third-order valence-electron chi connectivity index (χ3n) is 3.21. The van der Waals surface area contributed by atoms with Crippen LogP contribution in [0.1, 0.15) is 40.6 Å². The maximum Gasteiger partial charge on any atom is 0.266 e. The normalized spacial score (nSPS) is 19.7. The van der Waals surface area contributed by atoms with Crippen molar-refractivity contribution in [1.29, 1.82) is 0 Å². The Balaban J connectivity index is 2.26. The van der Waals surface area contributed by atoms with Gasteiger partial charge in [-0.15, -0.1) is 11.3 Å². The summed E-state index contributed by atoms with van der Waals surface area (Å²) in [5.74, 6) is 5.80. The predicted molar refractivity (Wildman–Crippen MR) is 61.8 cm³/mol. The number of hydrogen-bond donors (Lipinski definition) is 2. The molecule has 15 heavy (non-hydrogen) atoms. The SMILES string of the molecule is CC[C@H]1CCc2c(C(=O)NN)csc2C1. The van der Waals surface area contributed by atoms with Crippen molar-refractivity contribution < 1.29 is 4.79 Å². The summed E-state index contributed by atoms with van der Waals surface area (Å²) in [6, 6.07) is 0. The standard InChI is InChI=1S/C11H16N2OS/c1-2-7-3-4-8-9(11(14)13-12)6-15-10(8)5-7/h6-7H,2-5,12H2,1H3,(H,13,14)/t7-/m0/s1. The highest BCUT2D eigenvalue weighted by molar-refractivity contribution is 7.10. The van der Waals surface area contributed by atoms with E-state index in [1.165, 1.54) is 23.3 Å². The Morgan fingerprint density at radius 3 is 3.20 bits per heavy atom. The molecule has 1 aromatic heterocycles. The minimum Gasteiger partial charge on any atom is -0.290 e. The number of hydrazine groups is 1. The van der Waals surface area contributed by atoms with Crippen molar-refractivity contribution in [3.8, 4) is 0 Å². The van der Waals surface area contributed by atoms with Gasteiger partial charge in [0.25, 0.3) is 5.91 Å². The lowest BCUT2D eigenvalue weighted by molar-refractivity contribution is 0.0953. The van der Waals surface area contributed by atoms with Crippen molar-refractivity contribution >= 4 is 17.2 Å². The molecule has 1 aliphatic carbocycles. The summed E-state index contributed by atoms with van der Waals surface area (Å²) < 4.78 is 0. The molecule has 3 N–H and O–H groups in total. The molecule has 0 aliphatic heterocycles. The Bertz CT molecular complexity index is 373. The van der Waals surface area contributed by atoms with Crippen molar-refractivity contribution in [2.75, 3.05) is 0 Å². The molecule has 0 radical (unpaired) electrons. The molecule has 2 rings (SSSR count). The van der Waals surface area contributed by atoms with Gasteiger partial charge in [-0.25, -0.2) is 5.84 Å². The summed E-state index contributed by atoms with van der Waals surface area (Å²) in [6.45, 7) is 2.23. The minimum atomic E-state index is -0.151. The number of carbonyl (C=O) groups is 1. The van der Waals surface area contributed by atoms with Crippen LogP contribution in [-0.4, -0.2) is 5.91 Å². The maximum absolute atomic E-state index is 11.5. The van der Waals surface area contributed by atoms with Crippen molar-refractivity contribution in [2.45, 2.75) is 32.6 Å². The number of nitrogens with two attached hydrogens (primary N) is 1. The van der Waals surface area contributed by atoms with Gasteiger partial charge in [-0.05, 0) is 30.7 Å². The molecule has 0 aromatic carbocycles. The van der Waals surface area contributed by atoms with Crippen molar-refractivity contribution in [2.24, 2.45) is 11.8 Å². The number of carbonyl (C=O) groups excluding carboxylic acids is 1. The number of hydrogen-bond acceptors (Lipinski definition) is 3. The Labute approximate surface area is 93.6 Å². The molecule has 1 amide bonds. The first kappa shape index (κ1) is 10.6. The average Bonchev–Trinajstić information content (AvgIpc) is 2.70. The molecule has 0 bridgehead atoms. The molecule has 0 fully saturated rings. The van der Waals surface area contributed by atoms with Gasteiger partial charge in [0.2, 0.25) is 0 Å². The summed E-state index contributed by atoms with van der Waals surface area (Å²) in [7, 11) is 0. The fourth-order valence-electron chi connectivity index (χ4n) is 2.20. The summed E-state index contributed by atoms with van der Waals surface area (Å²) in [5.41, 5.74) is 4.22. The lowest BCUT2D eigenvalue weighted by Crippen LogP contribution is -2.30. The second kappa shape index (κ2) is 4.33. The Morgan fingerprint density at radius 1 is 1.73 bits per heavy atom. The lowest BCUT2D eigenvalue weighted by atomic mass is 9.86. The number of rotatable bonds is 2. The topological polar surface area (TPSA) is 55.1 Å². The van der Waals surface area contributed by atoms with Gasteiger partial charge in [-0.2, -0.15) is 0 Å². The van der Waals surface area contributed by atoms with E-state index >= 15 is 0 Å². The third-order valence-corrected chi connectivity index (χ3v) is 4.26. The van der Waals surface area contributed by atoms with Crippen molar-refractivity contribution in [1.82, 2.24) is 5.43 Å². The molecule has 0 saturated heterocycles. The van der Waals surface area contributed by atoms with E-state index in [0.717, 1.165) is 24.3 Å². The summed E-state index contributed by atoms with van der Waals surface area (Å²) in [4.78, 5) is 12.8. The monoisotopic (exact) mass is 224 g/mol. The molecule has 0 spiro atoms. The highest BCUT2D eigenvalue weighted by atomic mass is 32.1. The lowest BCUT2D eigenvalue weighted by Gasteiger charge is -2.21. The molecular formula is C11H16N2OS. The number of thiophene rings is 1. The first-order valence-electron chi connectivity index (χ1n) is 5.36. The van der Waals surface area contributed by atoms with Gasteiger partial charge in [0, 0.05) is 10.3 Å². The Morgan fingerprint density at radius 2 is 2.53 bits per heavy atom. The Hall–Kier alpha value is -0.870. The summed E-state index contributed by atoms with van der Waals surface area (Å²) in [5, 5.41) is 1.94. The van der Waals surface area contributed by atoms with Crippen LogP contribution in [0, 0.1) is 5.92 Å². The molecular weight excluding hydrogens is 208 g/mol. The average molecular weight is 224 g/mol. The highest BCUT2D eigenvalue weighted by Crippen LogP contribution is 2.33. The Kier molecular flexibility index (Phi) is 3.07. The quantitative estimate of drug-likeness (QED) is 0.458. The van der Waals surface area contributed by atoms with Crippen molar-refractivity contribution in [3.05, 3.63) is 21.4 Å². The molecule has 1 aliphatic rings. The maximum atomic E-state index is 11.5. The zero-order valence-corrected chi connectivity index (χ0v) is 9.69. The molecule has 1 aromatic rings. The number of fused-ring (bicyclic) bond motifs is 1. The fraction of sp³-hybridized carbons (Fsp3) is 0.545. The van der Waals surface area contributed by atoms with Crippen LogP contribution in [0.25, 0.3) is 0 Å². The fourth-order valence-corrected chi connectivity index (χ4v) is 3.39. The van der Waals surface area contributed by atoms with E-state index < -0.39 is 0 Å². The first-order valence-corrected chi connectivity index (χ1v) is 6.24. The van der Waals surface area contributed by atoms with E-state index in [1.807, 2.05) is 5.38 Å². The zero-order valence-electron chi connectivity index (χ0n) is 8.88. The van der Waals surface area contributed by atoms with E-state index in [-0.39, 0.29) is 5.91 Å². The molecule has 0 unspecified atom stereocenters. The largest absolute Gasteiger partial charge is 0.290 e. The van der Waals surface area contributed by atoms with Crippen LogP contribution >= 0.6 is 11.3 Å². The number of nitrogens with one attached hydrogen (secondary N) is 1. The highest BCUT2D eigenvalue weighted by Gasteiger charge is 2.23.